The van der Waals surface area contributed by atoms with E-state index in [-0.39, 0.29) is 30.6 Å². The third-order valence-corrected chi connectivity index (χ3v) is 3.60. The minimum Gasteiger partial charge on any atom is -0.384 e. The Bertz CT molecular complexity index is 540. The van der Waals surface area contributed by atoms with Gasteiger partial charge in [-0.2, -0.15) is 0 Å². The van der Waals surface area contributed by atoms with Gasteiger partial charge < -0.3 is 10.7 Å². The number of aromatic amines is 1. The van der Waals surface area contributed by atoms with E-state index in [1.807, 2.05) is 30.5 Å². The fourth-order valence-electron chi connectivity index (χ4n) is 1.55. The molecule has 0 radical (unpaired) electrons. The summed E-state index contributed by atoms with van der Waals surface area (Å²) in [5, 5.41) is 8.29. The second-order valence-corrected chi connectivity index (χ2v) is 5.03. The predicted molar refractivity (Wildman–Crippen MR) is 90.6 cm³/mol. The molecule has 0 aliphatic rings. The summed E-state index contributed by atoms with van der Waals surface area (Å²) in [5.74, 6) is 1.15. The number of thioether (sulfide) groups is 1. The van der Waals surface area contributed by atoms with Crippen molar-refractivity contribution in [3.05, 3.63) is 36.0 Å². The van der Waals surface area contributed by atoms with Gasteiger partial charge in [-0.3, -0.25) is 5.41 Å². The first-order chi connectivity index (χ1) is 8.70. The fraction of sp³-hybridized carbons (Fsp3) is 0.231. The van der Waals surface area contributed by atoms with Crippen LogP contribution in [0.1, 0.15) is 18.9 Å². The van der Waals surface area contributed by atoms with E-state index >= 15 is 0 Å². The van der Waals surface area contributed by atoms with Gasteiger partial charge in [0.1, 0.15) is 5.84 Å². The molecule has 4 N–H and O–H groups in total. The third-order valence-electron chi connectivity index (χ3n) is 2.50. The Balaban J connectivity index is 0.00000180. The molecule has 0 unspecified atom stereocenters. The van der Waals surface area contributed by atoms with Crippen LogP contribution in [-0.2, 0) is 0 Å². The molecule has 0 fully saturated rings. The van der Waals surface area contributed by atoms with Crippen molar-refractivity contribution in [2.24, 2.45) is 5.73 Å². The number of imidazole rings is 1. The lowest BCUT2D eigenvalue weighted by molar-refractivity contribution is 1.04. The van der Waals surface area contributed by atoms with Crippen LogP contribution in [0.3, 0.4) is 0 Å². The number of hydrogen-bond acceptors (Lipinski definition) is 3. The first kappa shape index (κ1) is 18.8. The smallest absolute Gasteiger partial charge is 0.165 e. The average molecular weight is 333 g/mol. The van der Waals surface area contributed by atoms with Crippen molar-refractivity contribution in [1.29, 1.82) is 5.41 Å². The number of nitrogens with two attached hydrogens (primary N) is 1. The standard InChI is InChI=1S/C13H16N4S.2ClH/c1-2-7-18-13-16-8-11(17-13)9-3-5-10(6-4-9)12(14)15;;/h3-6,8H,2,7H2,1H3,(H3,14,15)(H,16,17);2*1H. The van der Waals surface area contributed by atoms with Gasteiger partial charge in [-0.15, -0.1) is 24.8 Å². The summed E-state index contributed by atoms with van der Waals surface area (Å²) in [6.45, 7) is 2.15. The molecular weight excluding hydrogens is 315 g/mol. The van der Waals surface area contributed by atoms with Crippen molar-refractivity contribution in [2.75, 3.05) is 5.75 Å². The summed E-state index contributed by atoms with van der Waals surface area (Å²) >= 11 is 1.72. The van der Waals surface area contributed by atoms with Crippen LogP contribution in [0.4, 0.5) is 0 Å². The van der Waals surface area contributed by atoms with Gasteiger partial charge >= 0.3 is 0 Å². The van der Waals surface area contributed by atoms with E-state index in [0.29, 0.717) is 0 Å². The summed E-state index contributed by atoms with van der Waals surface area (Å²) in [5.41, 5.74) is 8.20. The van der Waals surface area contributed by atoms with Gasteiger partial charge in [-0.05, 0) is 12.0 Å². The van der Waals surface area contributed by atoms with Crippen molar-refractivity contribution in [3.63, 3.8) is 0 Å². The molecule has 0 spiro atoms. The lowest BCUT2D eigenvalue weighted by Crippen LogP contribution is -2.10. The van der Waals surface area contributed by atoms with E-state index in [4.69, 9.17) is 11.1 Å². The molecule has 0 saturated heterocycles. The van der Waals surface area contributed by atoms with Crippen molar-refractivity contribution >= 4 is 42.4 Å². The Morgan fingerprint density at radius 2 is 1.95 bits per heavy atom. The number of nitrogens with zero attached hydrogens (tertiary/aromatic N) is 1. The Hall–Kier alpha value is -1.17. The van der Waals surface area contributed by atoms with Gasteiger partial charge in [0, 0.05) is 11.3 Å². The van der Waals surface area contributed by atoms with E-state index in [1.165, 1.54) is 0 Å². The van der Waals surface area contributed by atoms with Crippen LogP contribution in [-0.4, -0.2) is 21.6 Å². The van der Waals surface area contributed by atoms with Crippen LogP contribution in [0.15, 0.2) is 35.6 Å². The maximum Gasteiger partial charge on any atom is 0.165 e. The van der Waals surface area contributed by atoms with Crippen LogP contribution >= 0.6 is 36.6 Å². The molecule has 1 aromatic heterocycles. The number of rotatable bonds is 5. The molecule has 0 atom stereocenters. The highest BCUT2D eigenvalue weighted by Crippen LogP contribution is 2.22. The van der Waals surface area contributed by atoms with Gasteiger partial charge in [0.2, 0.25) is 0 Å². The number of nitrogens with one attached hydrogen (secondary N) is 2. The number of benzene rings is 1. The average Bonchev–Trinajstić information content (AvgIpc) is 2.85. The van der Waals surface area contributed by atoms with Crippen molar-refractivity contribution in [3.8, 4) is 11.3 Å². The SMILES string of the molecule is CCCSc1ncc(-c2ccc(C(=N)N)cc2)[nH]1.Cl.Cl. The Labute approximate surface area is 135 Å². The second kappa shape index (κ2) is 8.89. The van der Waals surface area contributed by atoms with E-state index in [2.05, 4.69) is 16.9 Å². The zero-order valence-electron chi connectivity index (χ0n) is 11.1. The molecule has 0 bridgehead atoms. The van der Waals surface area contributed by atoms with Crippen LogP contribution in [0, 0.1) is 5.41 Å². The highest BCUT2D eigenvalue weighted by atomic mass is 35.5. The molecule has 0 aliphatic heterocycles. The molecule has 7 heteroatoms. The molecule has 4 nitrogen and oxygen atoms in total. The zero-order chi connectivity index (χ0) is 13.0. The molecule has 2 rings (SSSR count). The summed E-state index contributed by atoms with van der Waals surface area (Å²) in [7, 11) is 0. The molecule has 1 heterocycles. The molecule has 0 aliphatic carbocycles. The molecule has 1 aromatic carbocycles. The first-order valence-corrected chi connectivity index (χ1v) is 6.82. The molecular formula is C13H18Cl2N4S. The van der Waals surface area contributed by atoms with E-state index in [1.54, 1.807) is 11.8 Å². The van der Waals surface area contributed by atoms with E-state index < -0.39 is 0 Å². The van der Waals surface area contributed by atoms with Gasteiger partial charge in [0.15, 0.2) is 5.16 Å². The first-order valence-electron chi connectivity index (χ1n) is 5.83. The van der Waals surface area contributed by atoms with Crippen molar-refractivity contribution in [2.45, 2.75) is 18.5 Å². The Kier molecular flexibility index (Phi) is 8.37. The Morgan fingerprint density at radius 3 is 2.50 bits per heavy atom. The van der Waals surface area contributed by atoms with Gasteiger partial charge in [0.25, 0.3) is 0 Å². The summed E-state index contributed by atoms with van der Waals surface area (Å²) in [4.78, 5) is 7.61. The zero-order valence-corrected chi connectivity index (χ0v) is 13.5. The van der Waals surface area contributed by atoms with E-state index in [9.17, 15) is 0 Å². The van der Waals surface area contributed by atoms with Crippen LogP contribution < -0.4 is 5.73 Å². The van der Waals surface area contributed by atoms with E-state index in [0.717, 1.165) is 34.2 Å². The molecule has 110 valence electrons. The van der Waals surface area contributed by atoms with Gasteiger partial charge in [-0.25, -0.2) is 4.98 Å². The molecule has 0 amide bonds. The highest BCUT2D eigenvalue weighted by molar-refractivity contribution is 7.99. The quantitative estimate of drug-likeness (QED) is 0.443. The monoisotopic (exact) mass is 332 g/mol. The number of aromatic nitrogens is 2. The number of halogens is 2. The van der Waals surface area contributed by atoms with Crippen molar-refractivity contribution in [1.82, 2.24) is 9.97 Å². The number of nitrogen functional groups attached to an aromatic ring is 1. The molecule has 2 aromatic rings. The Morgan fingerprint density at radius 1 is 1.30 bits per heavy atom. The highest BCUT2D eigenvalue weighted by Gasteiger charge is 2.04. The normalized spacial score (nSPS) is 9.45. The van der Waals surface area contributed by atoms with Crippen LogP contribution in [0.5, 0.6) is 0 Å². The second-order valence-electron chi connectivity index (χ2n) is 3.94. The summed E-state index contributed by atoms with van der Waals surface area (Å²) in [6, 6.07) is 7.58. The van der Waals surface area contributed by atoms with Gasteiger partial charge in [-0.1, -0.05) is 43.0 Å². The van der Waals surface area contributed by atoms with Crippen LogP contribution in [0.2, 0.25) is 0 Å². The third kappa shape index (κ3) is 4.74. The minimum atomic E-state index is 0. The predicted octanol–water partition coefficient (Wildman–Crippen LogP) is 3.71. The largest absolute Gasteiger partial charge is 0.384 e. The fourth-order valence-corrected chi connectivity index (χ4v) is 2.26. The van der Waals surface area contributed by atoms with Crippen molar-refractivity contribution < 1.29 is 0 Å². The van der Waals surface area contributed by atoms with Crippen LogP contribution in [0.25, 0.3) is 11.3 Å². The lowest BCUT2D eigenvalue weighted by atomic mass is 10.1. The number of hydrogen-bond donors (Lipinski definition) is 3. The van der Waals surface area contributed by atoms with Gasteiger partial charge in [0.05, 0.1) is 11.9 Å². The molecule has 20 heavy (non-hydrogen) atoms. The minimum absolute atomic E-state index is 0. The number of amidine groups is 1. The maximum atomic E-state index is 7.34. The maximum absolute atomic E-state index is 7.34. The topological polar surface area (TPSA) is 78.6 Å². The lowest BCUT2D eigenvalue weighted by Gasteiger charge is -2.00. The summed E-state index contributed by atoms with van der Waals surface area (Å²) in [6.07, 6.45) is 2.97. The summed E-state index contributed by atoms with van der Waals surface area (Å²) < 4.78 is 0. The molecule has 0 saturated carbocycles. The number of H-pyrrole nitrogens is 1.